The Kier molecular flexibility index (Phi) is 6.80. The molecule has 2 amide bonds. The van der Waals surface area contributed by atoms with Gasteiger partial charge in [-0.1, -0.05) is 25.5 Å². The molecule has 168 valence electrons. The lowest BCUT2D eigenvalue weighted by molar-refractivity contribution is -0.146. The van der Waals surface area contributed by atoms with Crippen LogP contribution in [0.1, 0.15) is 72.7 Å². The molecule has 2 N–H and O–H groups in total. The average molecular weight is 445 g/mol. The predicted octanol–water partition coefficient (Wildman–Crippen LogP) is 4.49. The number of nitrogens with one attached hydrogen (secondary N) is 1. The van der Waals surface area contributed by atoms with Crippen molar-refractivity contribution < 1.29 is 19.5 Å². The molecule has 1 fully saturated rings. The van der Waals surface area contributed by atoms with Gasteiger partial charge in [0, 0.05) is 18.0 Å². The number of hydrogen-bond acceptors (Lipinski definition) is 4. The van der Waals surface area contributed by atoms with Gasteiger partial charge in [-0.2, -0.15) is 0 Å². The fourth-order valence-corrected chi connectivity index (χ4v) is 6.51. The molecule has 1 aromatic rings. The van der Waals surface area contributed by atoms with Gasteiger partial charge in [0.1, 0.15) is 5.00 Å². The number of carboxylic acid groups (broad SMARTS) is 1. The van der Waals surface area contributed by atoms with E-state index in [4.69, 9.17) is 0 Å². The Morgan fingerprint density at radius 3 is 2.52 bits per heavy atom. The van der Waals surface area contributed by atoms with Crippen LogP contribution in [0.25, 0.3) is 0 Å². The minimum Gasteiger partial charge on any atom is -0.481 e. The average Bonchev–Trinajstić information content (AvgIpc) is 3.15. The maximum absolute atomic E-state index is 13.5. The molecule has 0 saturated carbocycles. The van der Waals surface area contributed by atoms with E-state index in [1.165, 1.54) is 16.2 Å². The highest BCUT2D eigenvalue weighted by Crippen LogP contribution is 2.42. The maximum Gasteiger partial charge on any atom is 0.307 e. The summed E-state index contributed by atoms with van der Waals surface area (Å²) in [6.07, 6.45) is 11.7. The molecule has 7 heteroatoms. The second kappa shape index (κ2) is 9.55. The molecule has 3 atom stereocenters. The van der Waals surface area contributed by atoms with E-state index >= 15 is 0 Å². The van der Waals surface area contributed by atoms with Crippen LogP contribution in [0, 0.1) is 17.8 Å². The number of thiophene rings is 1. The van der Waals surface area contributed by atoms with E-state index < -0.39 is 17.8 Å². The topological polar surface area (TPSA) is 86.7 Å². The quantitative estimate of drug-likeness (QED) is 0.655. The molecule has 31 heavy (non-hydrogen) atoms. The van der Waals surface area contributed by atoms with Crippen LogP contribution in [0.15, 0.2) is 12.2 Å². The first-order valence-corrected chi connectivity index (χ1v) is 12.4. The van der Waals surface area contributed by atoms with E-state index in [1.807, 2.05) is 17.1 Å². The van der Waals surface area contributed by atoms with Crippen LogP contribution in [-0.2, 0) is 22.4 Å². The number of carboxylic acids is 1. The summed E-state index contributed by atoms with van der Waals surface area (Å²) in [4.78, 5) is 41.5. The molecule has 2 heterocycles. The van der Waals surface area contributed by atoms with Crippen molar-refractivity contribution in [1.82, 2.24) is 4.90 Å². The molecular weight excluding hydrogens is 412 g/mol. The summed E-state index contributed by atoms with van der Waals surface area (Å²) in [5.74, 6) is -1.90. The monoisotopic (exact) mass is 444 g/mol. The molecule has 1 aliphatic heterocycles. The van der Waals surface area contributed by atoms with Gasteiger partial charge in [0.15, 0.2) is 0 Å². The number of rotatable bonds is 5. The molecule has 3 aliphatic rings. The highest BCUT2D eigenvalue weighted by Gasteiger charge is 2.36. The van der Waals surface area contributed by atoms with Crippen molar-refractivity contribution in [2.75, 3.05) is 18.4 Å². The molecule has 1 aromatic heterocycles. The molecular formula is C24H32N2O4S. The number of amides is 2. The Bertz CT molecular complexity index is 884. The Hall–Kier alpha value is -2.15. The van der Waals surface area contributed by atoms with Gasteiger partial charge in [-0.25, -0.2) is 0 Å². The zero-order valence-electron chi connectivity index (χ0n) is 18.2. The van der Waals surface area contributed by atoms with Crippen molar-refractivity contribution in [3.63, 3.8) is 0 Å². The normalized spacial score (nSPS) is 25.7. The summed E-state index contributed by atoms with van der Waals surface area (Å²) in [5, 5.41) is 13.2. The zero-order chi connectivity index (χ0) is 22.0. The number of carbonyl (C=O) groups is 3. The number of piperidine rings is 1. The van der Waals surface area contributed by atoms with Gasteiger partial charge in [0.05, 0.1) is 17.4 Å². The largest absolute Gasteiger partial charge is 0.481 e. The molecule has 0 bridgehead atoms. The molecule has 4 rings (SSSR count). The van der Waals surface area contributed by atoms with Crippen LogP contribution in [0.2, 0.25) is 0 Å². The number of anilines is 1. The second-order valence-electron chi connectivity index (χ2n) is 9.06. The van der Waals surface area contributed by atoms with Crippen LogP contribution in [-0.4, -0.2) is 40.9 Å². The van der Waals surface area contributed by atoms with Gasteiger partial charge < -0.3 is 15.3 Å². The summed E-state index contributed by atoms with van der Waals surface area (Å²) >= 11 is 1.53. The van der Waals surface area contributed by atoms with E-state index in [9.17, 15) is 19.5 Å². The Balaban J connectivity index is 1.63. The van der Waals surface area contributed by atoms with E-state index in [0.29, 0.717) is 29.3 Å². The van der Waals surface area contributed by atoms with Crippen LogP contribution in [0.5, 0.6) is 0 Å². The Labute approximate surface area is 187 Å². The highest BCUT2D eigenvalue weighted by molar-refractivity contribution is 7.17. The van der Waals surface area contributed by atoms with Gasteiger partial charge >= 0.3 is 5.97 Å². The number of hydrogen-bond donors (Lipinski definition) is 2. The number of carbonyl (C=O) groups excluding carboxylic acids is 2. The molecule has 1 saturated heterocycles. The van der Waals surface area contributed by atoms with E-state index in [2.05, 4.69) is 12.2 Å². The number of fused-ring (bicyclic) bond motifs is 1. The summed E-state index contributed by atoms with van der Waals surface area (Å²) in [6, 6.07) is 0. The number of likely N-dealkylation sites (tertiary alicyclic amines) is 1. The summed E-state index contributed by atoms with van der Waals surface area (Å²) in [6.45, 7) is 3.74. The van der Waals surface area contributed by atoms with Crippen molar-refractivity contribution in [2.24, 2.45) is 17.8 Å². The van der Waals surface area contributed by atoms with E-state index in [-0.39, 0.29) is 11.8 Å². The number of aliphatic carboxylic acids is 1. The van der Waals surface area contributed by atoms with Gasteiger partial charge in [0.2, 0.25) is 5.91 Å². The lowest BCUT2D eigenvalue weighted by Gasteiger charge is -2.28. The molecule has 0 spiro atoms. The van der Waals surface area contributed by atoms with Crippen molar-refractivity contribution in [2.45, 2.75) is 64.7 Å². The third-order valence-electron chi connectivity index (χ3n) is 7.12. The second-order valence-corrected chi connectivity index (χ2v) is 10.2. The standard InChI is InChI=1S/C24H32N2O4S/c1-2-15-10-11-18-19(14-15)31-22(20(18)23(28)26-12-6-3-7-13-26)25-21(27)16-8-4-5-9-17(16)24(29)30/h4-5,15-17H,2-3,6-14H2,1H3,(H,25,27)(H,29,30). The van der Waals surface area contributed by atoms with Gasteiger partial charge in [-0.3, -0.25) is 14.4 Å². The zero-order valence-corrected chi connectivity index (χ0v) is 19.0. The first-order chi connectivity index (χ1) is 15.0. The molecule has 2 aliphatic carbocycles. The molecule has 6 nitrogen and oxygen atoms in total. The summed E-state index contributed by atoms with van der Waals surface area (Å²) in [7, 11) is 0. The fraction of sp³-hybridized carbons (Fsp3) is 0.625. The van der Waals surface area contributed by atoms with Crippen molar-refractivity contribution >= 4 is 34.1 Å². The number of allylic oxidation sites excluding steroid dienone is 2. The Morgan fingerprint density at radius 2 is 1.84 bits per heavy atom. The van der Waals surface area contributed by atoms with Crippen molar-refractivity contribution in [1.29, 1.82) is 0 Å². The lowest BCUT2D eigenvalue weighted by atomic mass is 9.82. The van der Waals surface area contributed by atoms with Crippen LogP contribution < -0.4 is 5.32 Å². The van der Waals surface area contributed by atoms with Gasteiger partial charge in [-0.05, 0) is 62.8 Å². The van der Waals surface area contributed by atoms with E-state index in [0.717, 1.165) is 63.6 Å². The smallest absolute Gasteiger partial charge is 0.307 e. The Morgan fingerprint density at radius 1 is 1.13 bits per heavy atom. The summed E-state index contributed by atoms with van der Waals surface area (Å²) < 4.78 is 0. The SMILES string of the molecule is CCC1CCc2c(sc(NC(=O)C3CC=CCC3C(=O)O)c2C(=O)N2CCCCC2)C1. The predicted molar refractivity (Wildman–Crippen MR) is 121 cm³/mol. The van der Waals surface area contributed by atoms with E-state index in [1.54, 1.807) is 0 Å². The van der Waals surface area contributed by atoms with Crippen LogP contribution >= 0.6 is 11.3 Å². The minimum absolute atomic E-state index is 0.0285. The highest BCUT2D eigenvalue weighted by atomic mass is 32.1. The van der Waals surface area contributed by atoms with Crippen LogP contribution in [0.3, 0.4) is 0 Å². The first kappa shape index (κ1) is 22.1. The third kappa shape index (κ3) is 4.56. The molecule has 0 aromatic carbocycles. The summed E-state index contributed by atoms with van der Waals surface area (Å²) in [5.41, 5.74) is 1.78. The van der Waals surface area contributed by atoms with Crippen LogP contribution in [0.4, 0.5) is 5.00 Å². The maximum atomic E-state index is 13.5. The fourth-order valence-electron chi connectivity index (χ4n) is 5.15. The number of nitrogens with zero attached hydrogens (tertiary/aromatic N) is 1. The van der Waals surface area contributed by atoms with Crippen molar-refractivity contribution in [3.05, 3.63) is 28.2 Å². The third-order valence-corrected chi connectivity index (χ3v) is 8.29. The molecule has 3 unspecified atom stereocenters. The molecule has 0 radical (unpaired) electrons. The van der Waals surface area contributed by atoms with Gasteiger partial charge in [0.25, 0.3) is 5.91 Å². The first-order valence-electron chi connectivity index (χ1n) is 11.6. The van der Waals surface area contributed by atoms with Gasteiger partial charge in [-0.15, -0.1) is 11.3 Å². The minimum atomic E-state index is -0.939. The van der Waals surface area contributed by atoms with Crippen molar-refractivity contribution in [3.8, 4) is 0 Å². The lowest BCUT2D eigenvalue weighted by Crippen LogP contribution is -2.37.